The molecule has 2 aromatic rings. The van der Waals surface area contributed by atoms with Gasteiger partial charge in [0.15, 0.2) is 0 Å². The highest BCUT2D eigenvalue weighted by atomic mass is 15.3. The van der Waals surface area contributed by atoms with Gasteiger partial charge < -0.3 is 5.32 Å². The normalized spacial score (nSPS) is 14.7. The Hall–Kier alpha value is -1.65. The van der Waals surface area contributed by atoms with Crippen molar-refractivity contribution in [1.29, 1.82) is 0 Å². The van der Waals surface area contributed by atoms with Crippen molar-refractivity contribution < 1.29 is 0 Å². The average Bonchev–Trinajstić information content (AvgIpc) is 2.75. The van der Waals surface area contributed by atoms with Crippen molar-refractivity contribution in [2.45, 2.75) is 53.2 Å². The Bertz CT molecular complexity index is 702. The van der Waals surface area contributed by atoms with Crippen molar-refractivity contribution in [3.8, 4) is 0 Å². The highest BCUT2D eigenvalue weighted by Crippen LogP contribution is 2.19. The van der Waals surface area contributed by atoms with Crippen molar-refractivity contribution in [3.05, 3.63) is 51.8 Å². The van der Waals surface area contributed by atoms with Gasteiger partial charge in [-0.25, -0.2) is 0 Å². The van der Waals surface area contributed by atoms with Crippen molar-refractivity contribution in [1.82, 2.24) is 20.0 Å². The van der Waals surface area contributed by atoms with Gasteiger partial charge in [0.05, 0.1) is 5.69 Å². The van der Waals surface area contributed by atoms with E-state index < -0.39 is 0 Å². The Kier molecular flexibility index (Phi) is 5.36. The summed E-state index contributed by atoms with van der Waals surface area (Å²) in [5.41, 5.74) is 8.29. The van der Waals surface area contributed by atoms with Crippen LogP contribution in [0, 0.1) is 13.8 Å². The summed E-state index contributed by atoms with van der Waals surface area (Å²) in [7, 11) is 2.20. The zero-order valence-corrected chi connectivity index (χ0v) is 15.5. The number of fused-ring (bicyclic) bond motifs is 1. The lowest BCUT2D eigenvalue weighted by atomic mass is 10.00. The monoisotopic (exact) mass is 326 g/mol. The highest BCUT2D eigenvalue weighted by molar-refractivity contribution is 5.33. The molecule has 0 aliphatic carbocycles. The molecule has 0 fully saturated rings. The molecule has 1 aromatic carbocycles. The lowest BCUT2D eigenvalue weighted by Crippen LogP contribution is -2.18. The molecule has 0 saturated carbocycles. The smallest absolute Gasteiger partial charge is 0.0641 e. The molecule has 3 rings (SSSR count). The van der Waals surface area contributed by atoms with Gasteiger partial charge in [-0.3, -0.25) is 9.58 Å². The summed E-state index contributed by atoms with van der Waals surface area (Å²) >= 11 is 0. The summed E-state index contributed by atoms with van der Waals surface area (Å²) in [6.45, 7) is 11.5. The lowest BCUT2D eigenvalue weighted by molar-refractivity contribution is 0.317. The molecule has 0 spiro atoms. The van der Waals surface area contributed by atoms with Crippen LogP contribution in [0.2, 0.25) is 0 Å². The van der Waals surface area contributed by atoms with E-state index in [-0.39, 0.29) is 0 Å². The van der Waals surface area contributed by atoms with Crippen LogP contribution in [0.1, 0.15) is 40.6 Å². The van der Waals surface area contributed by atoms with Crippen molar-refractivity contribution in [2.24, 2.45) is 0 Å². The van der Waals surface area contributed by atoms with Gasteiger partial charge in [0.2, 0.25) is 0 Å². The second kappa shape index (κ2) is 7.49. The predicted molar refractivity (Wildman–Crippen MR) is 99.3 cm³/mol. The first-order valence-corrected chi connectivity index (χ1v) is 9.11. The first kappa shape index (κ1) is 17.2. The molecule has 1 aliphatic rings. The van der Waals surface area contributed by atoms with E-state index in [1.165, 1.54) is 27.9 Å². The number of hydrogen-bond donors (Lipinski definition) is 1. The van der Waals surface area contributed by atoms with Crippen molar-refractivity contribution >= 4 is 0 Å². The molecule has 4 nitrogen and oxygen atoms in total. The van der Waals surface area contributed by atoms with Gasteiger partial charge in [-0.15, -0.1) is 0 Å². The van der Waals surface area contributed by atoms with Crippen LogP contribution in [-0.4, -0.2) is 34.8 Å². The molecule has 0 radical (unpaired) electrons. The van der Waals surface area contributed by atoms with Crippen LogP contribution in [-0.2, 0) is 32.5 Å². The molecule has 0 unspecified atom stereocenters. The zero-order chi connectivity index (χ0) is 17.1. The Balaban J connectivity index is 1.70. The van der Waals surface area contributed by atoms with E-state index in [9.17, 15) is 0 Å². The largest absolute Gasteiger partial charge is 0.316 e. The summed E-state index contributed by atoms with van der Waals surface area (Å²) in [4.78, 5) is 2.40. The maximum atomic E-state index is 4.64. The van der Waals surface area contributed by atoms with Gasteiger partial charge in [-0.2, -0.15) is 5.10 Å². The topological polar surface area (TPSA) is 33.1 Å². The third-order valence-electron chi connectivity index (χ3n) is 5.12. The van der Waals surface area contributed by atoms with E-state index in [4.69, 9.17) is 0 Å². The molecule has 2 heterocycles. The van der Waals surface area contributed by atoms with E-state index in [0.717, 1.165) is 51.3 Å². The van der Waals surface area contributed by atoms with Crippen LogP contribution in [0.4, 0.5) is 0 Å². The number of hydrogen-bond acceptors (Lipinski definition) is 3. The van der Waals surface area contributed by atoms with Crippen LogP contribution in [0.5, 0.6) is 0 Å². The predicted octanol–water partition coefficient (Wildman–Crippen LogP) is 2.84. The van der Waals surface area contributed by atoms with E-state index >= 15 is 0 Å². The summed E-state index contributed by atoms with van der Waals surface area (Å²) < 4.78 is 2.11. The summed E-state index contributed by atoms with van der Waals surface area (Å²) in [6.07, 6.45) is 2.30. The molecule has 4 heteroatoms. The molecule has 0 saturated heterocycles. The number of nitrogens with one attached hydrogen (secondary N) is 1. The number of benzene rings is 1. The SMILES string of the molecule is CCn1nc(C)c(CN(C)Cc2ccc3c(c2)CCNCC3)c1C. The Morgan fingerprint density at radius 3 is 2.58 bits per heavy atom. The lowest BCUT2D eigenvalue weighted by Gasteiger charge is -2.18. The minimum atomic E-state index is 0.940. The Labute approximate surface area is 145 Å². The Morgan fingerprint density at radius 1 is 1.12 bits per heavy atom. The van der Waals surface area contributed by atoms with Crippen LogP contribution in [0.15, 0.2) is 18.2 Å². The first-order chi connectivity index (χ1) is 11.6. The molecule has 1 aliphatic heterocycles. The van der Waals surface area contributed by atoms with Gasteiger partial charge in [-0.05, 0) is 70.4 Å². The number of aromatic nitrogens is 2. The van der Waals surface area contributed by atoms with E-state index in [2.05, 4.69) is 66.0 Å². The molecule has 24 heavy (non-hydrogen) atoms. The van der Waals surface area contributed by atoms with Gasteiger partial charge in [-0.1, -0.05) is 18.2 Å². The zero-order valence-electron chi connectivity index (χ0n) is 15.5. The van der Waals surface area contributed by atoms with Crippen molar-refractivity contribution in [3.63, 3.8) is 0 Å². The second-order valence-corrected chi connectivity index (χ2v) is 6.99. The minimum Gasteiger partial charge on any atom is -0.316 e. The second-order valence-electron chi connectivity index (χ2n) is 6.99. The van der Waals surface area contributed by atoms with E-state index in [1.807, 2.05) is 0 Å². The van der Waals surface area contributed by atoms with Crippen LogP contribution >= 0.6 is 0 Å². The van der Waals surface area contributed by atoms with E-state index in [1.54, 1.807) is 0 Å². The van der Waals surface area contributed by atoms with Crippen LogP contribution in [0.3, 0.4) is 0 Å². The third-order valence-corrected chi connectivity index (χ3v) is 5.12. The minimum absolute atomic E-state index is 0.940. The van der Waals surface area contributed by atoms with Crippen molar-refractivity contribution in [2.75, 3.05) is 20.1 Å². The maximum absolute atomic E-state index is 4.64. The van der Waals surface area contributed by atoms with Gasteiger partial charge in [0, 0.05) is 30.9 Å². The Morgan fingerprint density at radius 2 is 1.88 bits per heavy atom. The highest BCUT2D eigenvalue weighted by Gasteiger charge is 2.14. The van der Waals surface area contributed by atoms with Crippen LogP contribution < -0.4 is 5.32 Å². The average molecular weight is 326 g/mol. The molecular formula is C20H30N4. The molecule has 1 N–H and O–H groups in total. The summed E-state index contributed by atoms with van der Waals surface area (Å²) in [6, 6.07) is 7.04. The number of aryl methyl sites for hydroxylation is 2. The fourth-order valence-corrected chi connectivity index (χ4v) is 3.73. The fraction of sp³-hybridized carbons (Fsp3) is 0.550. The standard InChI is InChI=1S/C20H30N4/c1-5-24-16(3)20(15(2)22-24)14-23(4)13-17-6-7-18-8-10-21-11-9-19(18)12-17/h6-7,12,21H,5,8-11,13-14H2,1-4H3. The molecule has 130 valence electrons. The van der Waals surface area contributed by atoms with Gasteiger partial charge in [0.1, 0.15) is 0 Å². The molecule has 0 amide bonds. The van der Waals surface area contributed by atoms with Gasteiger partial charge in [0.25, 0.3) is 0 Å². The third kappa shape index (κ3) is 3.70. The first-order valence-electron chi connectivity index (χ1n) is 9.11. The number of nitrogens with zero attached hydrogens (tertiary/aromatic N) is 3. The van der Waals surface area contributed by atoms with E-state index in [0.29, 0.717) is 0 Å². The maximum Gasteiger partial charge on any atom is 0.0641 e. The quantitative estimate of drug-likeness (QED) is 0.917. The fourth-order valence-electron chi connectivity index (χ4n) is 3.73. The summed E-state index contributed by atoms with van der Waals surface area (Å²) in [5.74, 6) is 0. The number of rotatable bonds is 5. The molecule has 1 aromatic heterocycles. The van der Waals surface area contributed by atoms with Gasteiger partial charge >= 0.3 is 0 Å². The molecule has 0 atom stereocenters. The molecule has 0 bridgehead atoms. The summed E-state index contributed by atoms with van der Waals surface area (Å²) in [5, 5.41) is 8.13. The molecular weight excluding hydrogens is 296 g/mol. The van der Waals surface area contributed by atoms with Crippen LogP contribution in [0.25, 0.3) is 0 Å².